The predicted octanol–water partition coefficient (Wildman–Crippen LogP) is 3.56. The fourth-order valence-electron chi connectivity index (χ4n) is 4.27. The summed E-state index contributed by atoms with van der Waals surface area (Å²) in [5.74, 6) is -6.80. The molecule has 6 nitrogen and oxygen atoms in total. The third-order valence-corrected chi connectivity index (χ3v) is 5.63. The van der Waals surface area contributed by atoms with Crippen molar-refractivity contribution in [3.05, 3.63) is 23.3 Å². The molecule has 0 bridgehead atoms. The molecule has 2 N–H and O–H groups in total. The van der Waals surface area contributed by atoms with E-state index in [0.717, 1.165) is 0 Å². The van der Waals surface area contributed by atoms with E-state index in [-0.39, 0.29) is 30.2 Å². The fraction of sp³-hybridized carbons (Fsp3) is 0.708. The first-order valence-corrected chi connectivity index (χ1v) is 9.84. The highest BCUT2D eigenvalue weighted by molar-refractivity contribution is 5.76. The molecule has 0 saturated carbocycles. The molecule has 3 rings (SSSR count). The quantitative estimate of drug-likeness (QED) is 0.663. The van der Waals surface area contributed by atoms with Crippen molar-refractivity contribution in [1.82, 2.24) is 4.90 Å². The highest BCUT2D eigenvalue weighted by Crippen LogP contribution is 2.44. The fourth-order valence-corrected chi connectivity index (χ4v) is 4.27. The van der Waals surface area contributed by atoms with Gasteiger partial charge >= 0.3 is 5.97 Å². The molecule has 168 valence electrons. The van der Waals surface area contributed by atoms with Crippen molar-refractivity contribution in [2.45, 2.75) is 65.0 Å². The minimum absolute atomic E-state index is 0.0454. The molecular weight excluding hydrogens is 380 g/mol. The minimum atomic E-state index is -3.77. The van der Waals surface area contributed by atoms with E-state index in [1.165, 1.54) is 12.1 Å². The lowest BCUT2D eigenvalue weighted by atomic mass is 9.79. The van der Waals surface area contributed by atoms with Crippen molar-refractivity contribution in [3.63, 3.8) is 0 Å². The maximum atomic E-state index is 13.4. The van der Waals surface area contributed by atoms with Crippen molar-refractivity contribution >= 4 is 5.97 Å². The van der Waals surface area contributed by atoms with E-state index in [1.54, 1.807) is 4.90 Å². The molecule has 0 spiro atoms. The van der Waals surface area contributed by atoms with Crippen LogP contribution in [-0.2, 0) is 16.0 Å². The lowest BCUT2D eigenvalue weighted by molar-refractivity contribution is -0.160. The Morgan fingerprint density at radius 3 is 2.73 bits per heavy atom. The zero-order valence-corrected chi connectivity index (χ0v) is 17.1. The van der Waals surface area contributed by atoms with Crippen molar-refractivity contribution < 1.29 is 39.6 Å². The number of fused-ring (bicyclic) bond motifs is 3. The molecule has 3 unspecified atom stereocenters. The third-order valence-electron chi connectivity index (χ3n) is 5.63. The lowest BCUT2D eigenvalue weighted by Crippen LogP contribution is -2.51. The number of rotatable bonds is 7. The number of piperidine rings is 1. The maximum absolute atomic E-state index is 13.4. The molecule has 2 aliphatic heterocycles. The van der Waals surface area contributed by atoms with Gasteiger partial charge in [0.25, 0.3) is 0 Å². The number of carbonyl (C=O) groups is 1. The standard InChI is InChI=1S/C24H38N2O4/c1-14(2)9-17-13-26-8-7-16-10-21(28-5)22(29-6)11-18(16)19(26)12-20(17)30-24(27)23(25)15(3)4/h10-11,14-15,17,19-20,23H,7-9,12-13,25H2,1-6H3/t17?,19?,20?,23-/m0/s1/i3D3,4D3,5D3,6D3,15D,19D,23D. The van der Waals surface area contributed by atoms with Crippen LogP contribution in [0.1, 0.15) is 78.1 Å². The van der Waals surface area contributed by atoms with Gasteiger partial charge in [0.15, 0.2) is 11.5 Å². The SMILES string of the molecule is [2H]C([2H])([2H])Oc1cc2c(cc1OC([2H])([2H])[2H])C1([2H])CC(OC(=O)[C@@]([2H])(N)C([2H])(C([2H])([2H])[2H])C([2H])([2H])[2H])C(CC(C)C)CN1CC2. The number of benzene rings is 1. The van der Waals surface area contributed by atoms with Crippen molar-refractivity contribution in [3.8, 4) is 11.5 Å². The summed E-state index contributed by atoms with van der Waals surface area (Å²) in [5.41, 5.74) is 6.41. The largest absolute Gasteiger partial charge is 0.493 e. The van der Waals surface area contributed by atoms with Crippen LogP contribution < -0.4 is 15.2 Å². The number of carbonyl (C=O) groups excluding carboxylic acids is 1. The zero-order valence-electron chi connectivity index (χ0n) is 32.1. The Bertz CT molecular complexity index is 1250. The molecule has 1 saturated heterocycles. The van der Waals surface area contributed by atoms with E-state index >= 15 is 0 Å². The molecule has 0 amide bonds. The summed E-state index contributed by atoms with van der Waals surface area (Å²) >= 11 is 0. The summed E-state index contributed by atoms with van der Waals surface area (Å²) in [6.07, 6.45) is -0.762. The Morgan fingerprint density at radius 1 is 1.33 bits per heavy atom. The molecule has 4 atom stereocenters. The summed E-state index contributed by atoms with van der Waals surface area (Å²) in [7, 11) is -5.96. The average Bonchev–Trinajstić information content (AvgIpc) is 2.81. The van der Waals surface area contributed by atoms with E-state index < -0.39 is 69.5 Å². The second kappa shape index (κ2) is 9.56. The van der Waals surface area contributed by atoms with Gasteiger partial charge in [-0.15, -0.1) is 0 Å². The smallest absolute Gasteiger partial charge is 0.323 e. The van der Waals surface area contributed by atoms with Gasteiger partial charge in [0.2, 0.25) is 0 Å². The first kappa shape index (κ1) is 10.2. The molecule has 0 aliphatic carbocycles. The van der Waals surface area contributed by atoms with Gasteiger partial charge in [-0.05, 0) is 47.9 Å². The third kappa shape index (κ3) is 4.75. The second-order valence-corrected chi connectivity index (χ2v) is 8.13. The van der Waals surface area contributed by atoms with E-state index in [2.05, 4.69) is 0 Å². The Balaban J connectivity index is 2.10. The Kier molecular flexibility index (Phi) is 3.26. The van der Waals surface area contributed by atoms with E-state index in [0.29, 0.717) is 24.9 Å². The minimum Gasteiger partial charge on any atom is -0.493 e. The highest BCUT2D eigenvalue weighted by Gasteiger charge is 2.41. The van der Waals surface area contributed by atoms with Gasteiger partial charge in [-0.3, -0.25) is 9.69 Å². The van der Waals surface area contributed by atoms with Gasteiger partial charge in [-0.1, -0.05) is 27.6 Å². The molecule has 0 aromatic heterocycles. The number of methoxy groups -OCH3 is 2. The number of nitrogens with zero attached hydrogens (tertiary/aromatic N) is 1. The molecule has 0 radical (unpaired) electrons. The topological polar surface area (TPSA) is 74.0 Å². The molecular formula is C24H38N2O4. The van der Waals surface area contributed by atoms with Gasteiger partial charge in [0.1, 0.15) is 12.1 Å². The Labute approximate surface area is 202 Å². The molecule has 6 heteroatoms. The lowest BCUT2D eigenvalue weighted by Gasteiger charge is -2.47. The summed E-state index contributed by atoms with van der Waals surface area (Å²) in [4.78, 5) is 15.2. The number of ether oxygens (including phenoxy) is 3. The van der Waals surface area contributed by atoms with E-state index in [9.17, 15) is 6.17 Å². The number of nitrogens with two attached hydrogens (primary N) is 1. The van der Waals surface area contributed by atoms with E-state index in [1.807, 2.05) is 13.8 Å². The summed E-state index contributed by atoms with van der Waals surface area (Å²) in [5, 5.41) is 0. The van der Waals surface area contributed by atoms with Crippen LogP contribution in [0.15, 0.2) is 12.1 Å². The average molecular weight is 434 g/mol. The monoisotopic (exact) mass is 433 g/mol. The van der Waals surface area contributed by atoms with Gasteiger partial charge < -0.3 is 19.9 Å². The molecule has 2 heterocycles. The van der Waals surface area contributed by atoms with Crippen molar-refractivity contribution in [2.75, 3.05) is 27.2 Å². The van der Waals surface area contributed by atoms with Crippen LogP contribution in [0.5, 0.6) is 11.5 Å². The van der Waals surface area contributed by atoms with Crippen LogP contribution in [0.3, 0.4) is 0 Å². The van der Waals surface area contributed by atoms with E-state index in [4.69, 9.17) is 39.1 Å². The van der Waals surface area contributed by atoms with Gasteiger partial charge in [-0.25, -0.2) is 0 Å². The van der Waals surface area contributed by atoms with Crippen LogP contribution in [0.25, 0.3) is 0 Å². The Hall–Kier alpha value is -1.79. The van der Waals surface area contributed by atoms with Crippen LogP contribution in [0.2, 0.25) is 0 Å². The van der Waals surface area contributed by atoms with Crippen molar-refractivity contribution in [1.29, 1.82) is 0 Å². The zero-order chi connectivity index (χ0) is 34.8. The number of esters is 1. The molecule has 30 heavy (non-hydrogen) atoms. The van der Waals surface area contributed by atoms with Crippen molar-refractivity contribution in [2.24, 2.45) is 23.5 Å². The number of hydrogen-bond acceptors (Lipinski definition) is 6. The number of hydrogen-bond donors (Lipinski definition) is 1. The first-order valence-electron chi connectivity index (χ1n) is 17.3. The van der Waals surface area contributed by atoms with Crippen LogP contribution in [-0.4, -0.2) is 50.2 Å². The van der Waals surface area contributed by atoms with Gasteiger partial charge in [0.05, 0.1) is 25.0 Å². The molecule has 1 aromatic rings. The highest BCUT2D eigenvalue weighted by atomic mass is 16.5. The van der Waals surface area contributed by atoms with Crippen LogP contribution >= 0.6 is 0 Å². The first-order chi connectivity index (χ1) is 20.0. The normalized spacial score (nSPS) is 37.8. The van der Waals surface area contributed by atoms with Crippen LogP contribution in [0, 0.1) is 17.7 Å². The van der Waals surface area contributed by atoms with Gasteiger partial charge in [0, 0.05) is 41.0 Å². The second-order valence-electron chi connectivity index (χ2n) is 8.13. The summed E-state index contributed by atoms with van der Waals surface area (Å²) in [6.45, 7) is -3.14. The molecule has 1 aromatic carbocycles. The molecule has 1 fully saturated rings. The Morgan fingerprint density at radius 2 is 2.07 bits per heavy atom. The summed E-state index contributed by atoms with van der Waals surface area (Å²) in [6, 6.07) is -2.83. The summed E-state index contributed by atoms with van der Waals surface area (Å²) < 4.78 is 133. The van der Waals surface area contributed by atoms with Gasteiger partial charge in [-0.2, -0.15) is 0 Å². The molecule has 2 aliphatic rings. The predicted molar refractivity (Wildman–Crippen MR) is 118 cm³/mol. The van der Waals surface area contributed by atoms with Crippen LogP contribution in [0.4, 0.5) is 0 Å². The maximum Gasteiger partial charge on any atom is 0.323 e.